The average Bonchev–Trinajstić information content (AvgIpc) is 2.84. The van der Waals surface area contributed by atoms with Crippen LogP contribution in [-0.4, -0.2) is 9.78 Å². The molecule has 0 spiro atoms. The highest BCUT2D eigenvalue weighted by molar-refractivity contribution is 6.33. The predicted molar refractivity (Wildman–Crippen MR) is 92.6 cm³/mol. The molecule has 0 aliphatic heterocycles. The van der Waals surface area contributed by atoms with Gasteiger partial charge in [0.05, 0.1) is 10.7 Å². The van der Waals surface area contributed by atoms with Crippen LogP contribution in [0.2, 0.25) is 5.02 Å². The van der Waals surface area contributed by atoms with Gasteiger partial charge >= 0.3 is 0 Å². The highest BCUT2D eigenvalue weighted by Gasteiger charge is 2.20. The number of nitriles is 1. The normalized spacial score (nSPS) is 10.5. The van der Waals surface area contributed by atoms with Crippen molar-refractivity contribution in [2.24, 2.45) is 0 Å². The number of aromatic nitrogens is 2. The van der Waals surface area contributed by atoms with Gasteiger partial charge in [0.15, 0.2) is 0 Å². The molecule has 0 aliphatic carbocycles. The molecule has 2 aromatic carbocycles. The number of nitrogens with two attached hydrogens (primary N) is 1. The smallest absolute Gasteiger partial charge is 0.145 e. The molecule has 2 N–H and O–H groups in total. The molecule has 0 radical (unpaired) electrons. The van der Waals surface area contributed by atoms with Crippen molar-refractivity contribution in [2.45, 2.75) is 13.8 Å². The molecular weight excluding hydrogens is 308 g/mol. The quantitative estimate of drug-likeness (QED) is 0.766. The molecule has 3 rings (SSSR count). The lowest BCUT2D eigenvalue weighted by Gasteiger charge is -2.07. The zero-order valence-corrected chi connectivity index (χ0v) is 13.6. The highest BCUT2D eigenvalue weighted by atomic mass is 35.5. The Labute approximate surface area is 139 Å². The van der Waals surface area contributed by atoms with E-state index in [0.717, 1.165) is 16.8 Å². The Morgan fingerprint density at radius 1 is 1.17 bits per heavy atom. The number of para-hydroxylation sites is 1. The van der Waals surface area contributed by atoms with Crippen LogP contribution in [0.15, 0.2) is 42.5 Å². The molecule has 23 heavy (non-hydrogen) atoms. The third-order valence-electron chi connectivity index (χ3n) is 3.76. The summed E-state index contributed by atoms with van der Waals surface area (Å²) in [5.74, 6) is 0.313. The number of hydrogen-bond donors (Lipinski definition) is 1. The maximum Gasteiger partial charge on any atom is 0.145 e. The first kappa shape index (κ1) is 15.1. The standard InChI is InChI=1S/C18H15ClN4/c1-11-7-8-13(15(19)9-11)17-14(10-20)18(21)23(22-17)16-6-4-3-5-12(16)2/h3-9H,21H2,1-2H3. The van der Waals surface area contributed by atoms with E-state index in [1.807, 2.05) is 56.3 Å². The Kier molecular flexibility index (Phi) is 3.81. The fourth-order valence-corrected chi connectivity index (χ4v) is 2.85. The molecule has 0 amide bonds. The summed E-state index contributed by atoms with van der Waals surface area (Å²) < 4.78 is 1.60. The van der Waals surface area contributed by atoms with E-state index in [1.54, 1.807) is 4.68 Å². The van der Waals surface area contributed by atoms with Gasteiger partial charge in [-0.3, -0.25) is 0 Å². The molecule has 0 unspecified atom stereocenters. The minimum atomic E-state index is 0.313. The van der Waals surface area contributed by atoms with Gasteiger partial charge in [-0.2, -0.15) is 10.4 Å². The third kappa shape index (κ3) is 2.56. The average molecular weight is 323 g/mol. The van der Waals surface area contributed by atoms with Crippen LogP contribution < -0.4 is 5.73 Å². The first-order valence-electron chi connectivity index (χ1n) is 7.14. The van der Waals surface area contributed by atoms with E-state index in [4.69, 9.17) is 17.3 Å². The minimum Gasteiger partial charge on any atom is -0.382 e. The largest absolute Gasteiger partial charge is 0.382 e. The summed E-state index contributed by atoms with van der Waals surface area (Å²) in [5.41, 5.74) is 10.6. The lowest BCUT2D eigenvalue weighted by molar-refractivity contribution is 0.887. The number of halogens is 1. The van der Waals surface area contributed by atoms with Gasteiger partial charge in [-0.25, -0.2) is 4.68 Å². The minimum absolute atomic E-state index is 0.313. The fourth-order valence-electron chi connectivity index (χ4n) is 2.53. The molecule has 3 aromatic rings. The van der Waals surface area contributed by atoms with Gasteiger partial charge in [-0.05, 0) is 37.1 Å². The summed E-state index contributed by atoms with van der Waals surface area (Å²) in [5, 5.41) is 14.6. The second-order valence-electron chi connectivity index (χ2n) is 5.40. The SMILES string of the molecule is Cc1ccc(-c2nn(-c3ccccc3C)c(N)c2C#N)c(Cl)c1. The number of aryl methyl sites for hydroxylation is 2. The Bertz CT molecular complexity index is 935. The third-order valence-corrected chi connectivity index (χ3v) is 4.07. The molecule has 0 saturated carbocycles. The van der Waals surface area contributed by atoms with Crippen molar-refractivity contribution in [3.63, 3.8) is 0 Å². The molecule has 0 atom stereocenters. The zero-order valence-electron chi connectivity index (χ0n) is 12.8. The van der Waals surface area contributed by atoms with Crippen LogP contribution in [0.3, 0.4) is 0 Å². The highest BCUT2D eigenvalue weighted by Crippen LogP contribution is 2.34. The van der Waals surface area contributed by atoms with Crippen molar-refractivity contribution in [3.8, 4) is 23.0 Å². The van der Waals surface area contributed by atoms with Crippen molar-refractivity contribution < 1.29 is 0 Å². The number of anilines is 1. The molecule has 4 nitrogen and oxygen atoms in total. The molecule has 114 valence electrons. The van der Waals surface area contributed by atoms with E-state index in [0.29, 0.717) is 27.7 Å². The molecule has 0 bridgehead atoms. The van der Waals surface area contributed by atoms with Crippen molar-refractivity contribution in [3.05, 3.63) is 64.2 Å². The number of nitrogen functional groups attached to an aromatic ring is 1. The molecule has 5 heteroatoms. The predicted octanol–water partition coefficient (Wildman–Crippen LogP) is 4.26. The van der Waals surface area contributed by atoms with Crippen molar-refractivity contribution in [2.75, 3.05) is 5.73 Å². The Hall–Kier alpha value is -2.77. The van der Waals surface area contributed by atoms with E-state index in [1.165, 1.54) is 0 Å². The summed E-state index contributed by atoms with van der Waals surface area (Å²) in [6.07, 6.45) is 0. The van der Waals surface area contributed by atoms with Gasteiger partial charge in [-0.15, -0.1) is 0 Å². The summed E-state index contributed by atoms with van der Waals surface area (Å²) >= 11 is 6.33. The van der Waals surface area contributed by atoms with Crippen LogP contribution in [0, 0.1) is 25.2 Å². The van der Waals surface area contributed by atoms with Crippen LogP contribution in [0.4, 0.5) is 5.82 Å². The van der Waals surface area contributed by atoms with E-state index < -0.39 is 0 Å². The van der Waals surface area contributed by atoms with Crippen LogP contribution in [0.1, 0.15) is 16.7 Å². The topological polar surface area (TPSA) is 67.6 Å². The summed E-state index contributed by atoms with van der Waals surface area (Å²) in [4.78, 5) is 0. The first-order chi connectivity index (χ1) is 11.0. The van der Waals surface area contributed by atoms with E-state index in [9.17, 15) is 5.26 Å². The first-order valence-corrected chi connectivity index (χ1v) is 7.52. The van der Waals surface area contributed by atoms with E-state index in [2.05, 4.69) is 11.2 Å². The second-order valence-corrected chi connectivity index (χ2v) is 5.81. The van der Waals surface area contributed by atoms with Crippen molar-refractivity contribution in [1.82, 2.24) is 9.78 Å². The van der Waals surface area contributed by atoms with Gasteiger partial charge in [0.2, 0.25) is 0 Å². The van der Waals surface area contributed by atoms with Gasteiger partial charge in [0.1, 0.15) is 23.1 Å². The molecule has 0 saturated heterocycles. The van der Waals surface area contributed by atoms with Crippen LogP contribution in [0.25, 0.3) is 16.9 Å². The van der Waals surface area contributed by atoms with Gasteiger partial charge < -0.3 is 5.73 Å². The summed E-state index contributed by atoms with van der Waals surface area (Å²) in [7, 11) is 0. The Morgan fingerprint density at radius 2 is 1.91 bits per heavy atom. The number of nitrogens with zero attached hydrogens (tertiary/aromatic N) is 3. The maximum atomic E-state index is 9.51. The Balaban J connectivity index is 2.26. The van der Waals surface area contributed by atoms with Crippen LogP contribution in [-0.2, 0) is 0 Å². The Morgan fingerprint density at radius 3 is 2.57 bits per heavy atom. The van der Waals surface area contributed by atoms with Gasteiger partial charge in [0, 0.05) is 5.56 Å². The van der Waals surface area contributed by atoms with Crippen LogP contribution >= 0.6 is 11.6 Å². The maximum absolute atomic E-state index is 9.51. The van der Waals surface area contributed by atoms with Crippen molar-refractivity contribution in [1.29, 1.82) is 5.26 Å². The number of rotatable bonds is 2. The molecule has 0 fully saturated rings. The molecule has 1 heterocycles. The molecule has 0 aliphatic rings. The van der Waals surface area contributed by atoms with Crippen molar-refractivity contribution >= 4 is 17.4 Å². The molecule has 1 aromatic heterocycles. The lowest BCUT2D eigenvalue weighted by atomic mass is 10.1. The lowest BCUT2D eigenvalue weighted by Crippen LogP contribution is -2.04. The number of benzene rings is 2. The summed E-state index contributed by atoms with van der Waals surface area (Å²) in [6.45, 7) is 3.93. The monoisotopic (exact) mass is 322 g/mol. The zero-order chi connectivity index (χ0) is 16.6. The van der Waals surface area contributed by atoms with Gasteiger partial charge in [0.25, 0.3) is 0 Å². The molecular formula is C18H15ClN4. The fraction of sp³-hybridized carbons (Fsp3) is 0.111. The van der Waals surface area contributed by atoms with Crippen LogP contribution in [0.5, 0.6) is 0 Å². The van der Waals surface area contributed by atoms with Gasteiger partial charge in [-0.1, -0.05) is 41.9 Å². The summed E-state index contributed by atoms with van der Waals surface area (Å²) in [6, 6.07) is 15.5. The second kappa shape index (κ2) is 5.79. The number of hydrogen-bond acceptors (Lipinski definition) is 3. The van der Waals surface area contributed by atoms with E-state index in [-0.39, 0.29) is 0 Å². The van der Waals surface area contributed by atoms with E-state index >= 15 is 0 Å².